The summed E-state index contributed by atoms with van der Waals surface area (Å²) in [6.45, 7) is 10.9. The highest BCUT2D eigenvalue weighted by atomic mass is 16.4. The molecule has 3 aromatic rings. The van der Waals surface area contributed by atoms with Crippen LogP contribution in [0.25, 0.3) is 21.9 Å². The molecule has 0 aliphatic heterocycles. The second-order valence-corrected chi connectivity index (χ2v) is 10.2. The number of aryl methyl sites for hydroxylation is 4. The van der Waals surface area contributed by atoms with Crippen LogP contribution in [0.15, 0.2) is 19.7 Å². The summed E-state index contributed by atoms with van der Waals surface area (Å²) in [5.41, 5.74) is 2.93. The Morgan fingerprint density at radius 2 is 1.57 bits per heavy atom. The van der Waals surface area contributed by atoms with Gasteiger partial charge in [-0.25, -0.2) is 4.79 Å². The van der Waals surface area contributed by atoms with Crippen LogP contribution < -0.4 is 21.6 Å². The number of amides is 3. The van der Waals surface area contributed by atoms with E-state index >= 15 is 0 Å². The molecule has 11 heteroatoms. The van der Waals surface area contributed by atoms with Crippen LogP contribution in [0.3, 0.4) is 0 Å². The second-order valence-electron chi connectivity index (χ2n) is 10.2. The highest BCUT2D eigenvalue weighted by Gasteiger charge is 2.26. The van der Waals surface area contributed by atoms with E-state index in [1.807, 2.05) is 40.7 Å². The van der Waals surface area contributed by atoms with Gasteiger partial charge in [-0.1, -0.05) is 20.3 Å². The minimum absolute atomic E-state index is 0.0751. The van der Waals surface area contributed by atoms with Crippen molar-refractivity contribution in [2.45, 2.75) is 73.3 Å². The zero-order chi connectivity index (χ0) is 29.7. The predicted octanol–water partition coefficient (Wildman–Crippen LogP) is 2.94. The quantitative estimate of drug-likeness (QED) is 0.195. The Morgan fingerprint density at radius 3 is 2.23 bits per heavy atom. The molecule has 11 nitrogen and oxygen atoms in total. The standard InChI is InChI=1S/C29H37N3O8/c1-7-14(2)25(28(37)30-10-8-9-24(35)36)32-23(34)13-31-22(33)12-21-16(4)20-11-19-15(3)18(6)39-26(19)17(5)27(20)40-29(21)38/h11,14,25H,7-10,12-13H2,1-6H3,(H,30,37)(H,31,33)(H,32,34)(H,35,36)/t14-,25+/m1/s1. The first-order valence-corrected chi connectivity index (χ1v) is 13.4. The molecule has 216 valence electrons. The summed E-state index contributed by atoms with van der Waals surface area (Å²) < 4.78 is 11.5. The molecule has 2 aromatic heterocycles. The molecule has 0 aliphatic carbocycles. The fraction of sp³-hybridized carbons (Fsp3) is 0.483. The van der Waals surface area contributed by atoms with Crippen LogP contribution >= 0.6 is 0 Å². The average molecular weight is 556 g/mol. The zero-order valence-electron chi connectivity index (χ0n) is 23.8. The van der Waals surface area contributed by atoms with Gasteiger partial charge in [-0.15, -0.1) is 0 Å². The van der Waals surface area contributed by atoms with Gasteiger partial charge >= 0.3 is 11.6 Å². The maximum atomic E-state index is 12.8. The number of aliphatic carboxylic acids is 1. The molecular weight excluding hydrogens is 518 g/mol. The van der Waals surface area contributed by atoms with Crippen molar-refractivity contribution in [2.24, 2.45) is 5.92 Å². The number of carboxylic acids is 1. The fourth-order valence-electron chi connectivity index (χ4n) is 4.59. The van der Waals surface area contributed by atoms with Crippen LogP contribution in [0.1, 0.15) is 61.1 Å². The molecule has 40 heavy (non-hydrogen) atoms. The molecule has 0 saturated heterocycles. The maximum absolute atomic E-state index is 12.8. The molecular formula is C29H37N3O8. The van der Waals surface area contributed by atoms with Crippen molar-refractivity contribution < 1.29 is 33.1 Å². The molecule has 0 spiro atoms. The minimum Gasteiger partial charge on any atom is -0.481 e. The number of hydrogen-bond acceptors (Lipinski definition) is 7. The van der Waals surface area contributed by atoms with E-state index < -0.39 is 35.4 Å². The van der Waals surface area contributed by atoms with E-state index in [1.54, 1.807) is 6.92 Å². The number of fused-ring (bicyclic) bond motifs is 2. The van der Waals surface area contributed by atoms with Crippen molar-refractivity contribution in [1.29, 1.82) is 0 Å². The number of hydrogen-bond donors (Lipinski definition) is 4. The number of benzene rings is 1. The third-order valence-corrected chi connectivity index (χ3v) is 7.41. The monoisotopic (exact) mass is 555 g/mol. The van der Waals surface area contributed by atoms with Crippen LogP contribution in [0.4, 0.5) is 0 Å². The lowest BCUT2D eigenvalue weighted by Gasteiger charge is -2.23. The molecule has 0 fully saturated rings. The molecule has 0 bridgehead atoms. The van der Waals surface area contributed by atoms with Crippen LogP contribution in [0.2, 0.25) is 0 Å². The summed E-state index contributed by atoms with van der Waals surface area (Å²) in [4.78, 5) is 61.4. The van der Waals surface area contributed by atoms with Crippen molar-refractivity contribution in [3.8, 4) is 0 Å². The van der Waals surface area contributed by atoms with Crippen LogP contribution in [0.5, 0.6) is 0 Å². The van der Waals surface area contributed by atoms with E-state index in [0.717, 1.165) is 16.7 Å². The Balaban J connectivity index is 1.68. The third kappa shape index (κ3) is 6.70. The highest BCUT2D eigenvalue weighted by molar-refractivity contribution is 6.00. The lowest BCUT2D eigenvalue weighted by atomic mass is 9.98. The Bertz CT molecular complexity index is 1520. The molecule has 2 atom stereocenters. The van der Waals surface area contributed by atoms with E-state index in [0.29, 0.717) is 34.1 Å². The van der Waals surface area contributed by atoms with Crippen molar-refractivity contribution in [3.05, 3.63) is 44.5 Å². The van der Waals surface area contributed by atoms with E-state index in [-0.39, 0.29) is 43.8 Å². The Hall–Kier alpha value is -4.15. The number of rotatable bonds is 12. The minimum atomic E-state index is -0.955. The van der Waals surface area contributed by atoms with Crippen molar-refractivity contribution >= 4 is 45.6 Å². The predicted molar refractivity (Wildman–Crippen MR) is 149 cm³/mol. The SMILES string of the molecule is CC[C@@H](C)[C@H](NC(=O)CNC(=O)Cc1c(C)c2cc3c(C)c(C)oc3c(C)c2oc1=O)C(=O)NCCCC(=O)O. The summed E-state index contributed by atoms with van der Waals surface area (Å²) in [7, 11) is 0. The molecule has 2 heterocycles. The lowest BCUT2D eigenvalue weighted by Crippen LogP contribution is -2.52. The van der Waals surface area contributed by atoms with Gasteiger partial charge in [0.1, 0.15) is 23.0 Å². The third-order valence-electron chi connectivity index (χ3n) is 7.41. The summed E-state index contributed by atoms with van der Waals surface area (Å²) >= 11 is 0. The molecule has 0 aliphatic rings. The average Bonchev–Trinajstić information content (AvgIpc) is 3.20. The summed E-state index contributed by atoms with van der Waals surface area (Å²) in [5.74, 6) is -1.90. The van der Waals surface area contributed by atoms with E-state index in [2.05, 4.69) is 16.0 Å². The van der Waals surface area contributed by atoms with E-state index in [9.17, 15) is 24.0 Å². The Kier molecular flexibility index (Phi) is 9.73. The fourth-order valence-corrected chi connectivity index (χ4v) is 4.59. The number of nitrogens with one attached hydrogen (secondary N) is 3. The van der Waals surface area contributed by atoms with Gasteiger partial charge in [0, 0.05) is 29.3 Å². The van der Waals surface area contributed by atoms with Crippen molar-refractivity contribution in [2.75, 3.05) is 13.1 Å². The van der Waals surface area contributed by atoms with Gasteiger partial charge in [0.25, 0.3) is 0 Å². The van der Waals surface area contributed by atoms with Crippen LogP contribution in [-0.4, -0.2) is 47.9 Å². The number of carbonyl (C=O) groups excluding carboxylic acids is 3. The first kappa shape index (κ1) is 30.4. The molecule has 0 radical (unpaired) electrons. The van der Waals surface area contributed by atoms with Gasteiger partial charge in [-0.05, 0) is 57.2 Å². The Labute approximate surface area is 231 Å². The number of furan rings is 1. The molecule has 0 unspecified atom stereocenters. The molecule has 0 saturated carbocycles. The van der Waals surface area contributed by atoms with Gasteiger partial charge in [0.2, 0.25) is 17.7 Å². The van der Waals surface area contributed by atoms with Gasteiger partial charge in [0.05, 0.1) is 18.5 Å². The largest absolute Gasteiger partial charge is 0.481 e. The van der Waals surface area contributed by atoms with Crippen LogP contribution in [0, 0.1) is 33.6 Å². The smallest absolute Gasteiger partial charge is 0.340 e. The van der Waals surface area contributed by atoms with Gasteiger partial charge in [-0.2, -0.15) is 0 Å². The summed E-state index contributed by atoms with van der Waals surface area (Å²) in [5, 5.41) is 18.2. The molecule has 3 amide bonds. The zero-order valence-corrected chi connectivity index (χ0v) is 23.8. The van der Waals surface area contributed by atoms with E-state index in [4.69, 9.17) is 13.9 Å². The maximum Gasteiger partial charge on any atom is 0.340 e. The molecule has 3 rings (SSSR count). The van der Waals surface area contributed by atoms with Gasteiger partial charge in [-0.3, -0.25) is 19.2 Å². The van der Waals surface area contributed by atoms with Crippen molar-refractivity contribution in [3.63, 3.8) is 0 Å². The topological polar surface area (TPSA) is 168 Å². The normalized spacial score (nSPS) is 12.8. The second kappa shape index (κ2) is 12.8. The lowest BCUT2D eigenvalue weighted by molar-refractivity contribution is -0.137. The number of carboxylic acid groups (broad SMARTS) is 1. The number of carbonyl (C=O) groups is 4. The molecule has 4 N–H and O–H groups in total. The van der Waals surface area contributed by atoms with Gasteiger partial charge < -0.3 is 29.9 Å². The summed E-state index contributed by atoms with van der Waals surface area (Å²) in [6.07, 6.45) is 0.526. The van der Waals surface area contributed by atoms with E-state index in [1.165, 1.54) is 0 Å². The summed E-state index contributed by atoms with van der Waals surface area (Å²) in [6, 6.07) is 1.06. The first-order chi connectivity index (χ1) is 18.8. The van der Waals surface area contributed by atoms with Gasteiger partial charge in [0.15, 0.2) is 0 Å². The first-order valence-electron chi connectivity index (χ1n) is 13.4. The Morgan fingerprint density at radius 1 is 0.925 bits per heavy atom. The van der Waals surface area contributed by atoms with Crippen LogP contribution in [-0.2, 0) is 25.6 Å². The van der Waals surface area contributed by atoms with Crippen molar-refractivity contribution in [1.82, 2.24) is 16.0 Å². The highest BCUT2D eigenvalue weighted by Crippen LogP contribution is 2.34. The molecule has 1 aromatic carbocycles.